The molecule has 0 aliphatic heterocycles. The average Bonchev–Trinajstić information content (AvgIpc) is 2.74. The second kappa shape index (κ2) is 3.52. The van der Waals surface area contributed by atoms with Crippen molar-refractivity contribution < 1.29 is 5.11 Å². The number of nitrogens with two attached hydrogens (primary N) is 1. The number of hydrogen-bond acceptors (Lipinski definition) is 3. The molecule has 0 unspecified atom stereocenters. The van der Waals surface area contributed by atoms with Crippen molar-refractivity contribution in [3.05, 3.63) is 48.8 Å². The van der Waals surface area contributed by atoms with Crippen LogP contribution < -0.4 is 5.73 Å². The molecule has 0 saturated carbocycles. The molecule has 2 aromatic heterocycles. The number of anilines is 1. The van der Waals surface area contributed by atoms with Crippen LogP contribution in [0, 0.1) is 0 Å². The lowest BCUT2D eigenvalue weighted by Gasteiger charge is -2.03. The second-order valence-electron chi connectivity index (χ2n) is 3.86. The van der Waals surface area contributed by atoms with E-state index in [2.05, 4.69) is 4.98 Å². The quantitative estimate of drug-likeness (QED) is 0.624. The van der Waals surface area contributed by atoms with Gasteiger partial charge in [0.05, 0.1) is 6.20 Å². The van der Waals surface area contributed by atoms with Crippen molar-refractivity contribution >= 4 is 11.2 Å². The zero-order valence-corrected chi connectivity index (χ0v) is 9.04. The normalized spacial score (nSPS) is 10.8. The first-order valence-electron chi connectivity index (χ1n) is 5.26. The zero-order valence-electron chi connectivity index (χ0n) is 9.04. The Hall–Kier alpha value is -2.49. The summed E-state index contributed by atoms with van der Waals surface area (Å²) in [6.07, 6.45) is 3.51. The van der Waals surface area contributed by atoms with Crippen LogP contribution in [0.25, 0.3) is 16.9 Å². The lowest BCUT2D eigenvalue weighted by Crippen LogP contribution is -1.90. The highest BCUT2D eigenvalue weighted by molar-refractivity contribution is 5.68. The molecule has 0 amide bonds. The maximum atomic E-state index is 9.70. The van der Waals surface area contributed by atoms with E-state index in [1.54, 1.807) is 18.3 Å². The van der Waals surface area contributed by atoms with Gasteiger partial charge < -0.3 is 10.8 Å². The fourth-order valence-electron chi connectivity index (χ4n) is 1.90. The first-order chi connectivity index (χ1) is 8.25. The van der Waals surface area contributed by atoms with Gasteiger partial charge in [0.2, 0.25) is 0 Å². The Bertz CT molecular complexity index is 688. The van der Waals surface area contributed by atoms with E-state index in [1.807, 2.05) is 34.9 Å². The molecule has 3 aromatic rings. The summed E-state index contributed by atoms with van der Waals surface area (Å²) < 4.78 is 1.84. The number of nitrogen functional groups attached to an aromatic ring is 1. The van der Waals surface area contributed by atoms with Gasteiger partial charge in [-0.1, -0.05) is 12.1 Å². The maximum absolute atomic E-state index is 9.70. The number of imidazole rings is 1. The highest BCUT2D eigenvalue weighted by atomic mass is 16.3. The van der Waals surface area contributed by atoms with Crippen LogP contribution in [0.2, 0.25) is 0 Å². The molecule has 1 aromatic carbocycles. The van der Waals surface area contributed by atoms with Crippen LogP contribution >= 0.6 is 0 Å². The lowest BCUT2D eigenvalue weighted by atomic mass is 10.2. The van der Waals surface area contributed by atoms with Crippen molar-refractivity contribution in [3.8, 4) is 17.1 Å². The van der Waals surface area contributed by atoms with E-state index < -0.39 is 0 Å². The minimum atomic E-state index is 0.218. The van der Waals surface area contributed by atoms with Crippen LogP contribution in [-0.2, 0) is 0 Å². The summed E-state index contributed by atoms with van der Waals surface area (Å²) in [5.74, 6) is 0.985. The van der Waals surface area contributed by atoms with Crippen molar-refractivity contribution in [1.29, 1.82) is 0 Å². The Morgan fingerprint density at radius 1 is 1.18 bits per heavy atom. The van der Waals surface area contributed by atoms with Gasteiger partial charge in [0, 0.05) is 17.4 Å². The standard InChI is InChI=1S/C13H11N3O/c14-10-4-1-3-9(7-10)13-15-8-11-12(17)5-2-6-16(11)13/h1-8,17H,14H2. The van der Waals surface area contributed by atoms with Crippen LogP contribution in [-0.4, -0.2) is 14.5 Å². The Balaban J connectivity index is 2.28. The SMILES string of the molecule is Nc1cccc(-c2ncc3c(O)cccn23)c1. The number of nitrogens with zero attached hydrogens (tertiary/aromatic N) is 2. The van der Waals surface area contributed by atoms with Gasteiger partial charge in [-0.15, -0.1) is 0 Å². The summed E-state index contributed by atoms with van der Waals surface area (Å²) in [6, 6.07) is 10.9. The van der Waals surface area contributed by atoms with E-state index in [0.717, 1.165) is 11.4 Å². The van der Waals surface area contributed by atoms with Gasteiger partial charge in [0.15, 0.2) is 0 Å². The van der Waals surface area contributed by atoms with Crippen LogP contribution in [0.5, 0.6) is 5.75 Å². The summed E-state index contributed by atoms with van der Waals surface area (Å²) in [7, 11) is 0. The Morgan fingerprint density at radius 2 is 2.06 bits per heavy atom. The number of aromatic nitrogens is 2. The maximum Gasteiger partial charge on any atom is 0.144 e. The van der Waals surface area contributed by atoms with Crippen molar-refractivity contribution in [2.75, 3.05) is 5.73 Å². The van der Waals surface area contributed by atoms with Crippen molar-refractivity contribution in [2.45, 2.75) is 0 Å². The Kier molecular flexibility index (Phi) is 2.01. The van der Waals surface area contributed by atoms with Crippen molar-refractivity contribution in [1.82, 2.24) is 9.38 Å². The minimum Gasteiger partial charge on any atom is -0.506 e. The summed E-state index contributed by atoms with van der Waals surface area (Å²) in [5, 5.41) is 9.70. The van der Waals surface area contributed by atoms with Gasteiger partial charge >= 0.3 is 0 Å². The van der Waals surface area contributed by atoms with E-state index in [4.69, 9.17) is 5.73 Å². The van der Waals surface area contributed by atoms with E-state index in [9.17, 15) is 5.11 Å². The molecule has 4 nitrogen and oxygen atoms in total. The number of rotatable bonds is 1. The van der Waals surface area contributed by atoms with Crippen LogP contribution in [0.3, 0.4) is 0 Å². The molecule has 0 radical (unpaired) electrons. The van der Waals surface area contributed by atoms with E-state index in [-0.39, 0.29) is 5.75 Å². The van der Waals surface area contributed by atoms with E-state index in [1.165, 1.54) is 0 Å². The molecule has 3 N–H and O–H groups in total. The molecule has 0 spiro atoms. The first-order valence-corrected chi connectivity index (χ1v) is 5.26. The van der Waals surface area contributed by atoms with Gasteiger partial charge in [0.25, 0.3) is 0 Å². The summed E-state index contributed by atoms with van der Waals surface area (Å²) in [5.41, 5.74) is 8.06. The minimum absolute atomic E-state index is 0.218. The Labute approximate surface area is 98.0 Å². The third-order valence-corrected chi connectivity index (χ3v) is 2.69. The summed E-state index contributed by atoms with van der Waals surface area (Å²) in [6.45, 7) is 0. The van der Waals surface area contributed by atoms with Gasteiger partial charge in [-0.25, -0.2) is 4.98 Å². The molecule has 3 rings (SSSR count). The number of aromatic hydroxyl groups is 1. The van der Waals surface area contributed by atoms with Gasteiger partial charge in [-0.05, 0) is 24.3 Å². The number of hydrogen-bond donors (Lipinski definition) is 2. The van der Waals surface area contributed by atoms with Crippen molar-refractivity contribution in [2.24, 2.45) is 0 Å². The third-order valence-electron chi connectivity index (χ3n) is 2.69. The van der Waals surface area contributed by atoms with Crippen LogP contribution in [0.1, 0.15) is 0 Å². The molecule has 2 heterocycles. The molecular formula is C13H11N3O. The molecule has 0 aliphatic carbocycles. The summed E-state index contributed by atoms with van der Waals surface area (Å²) >= 11 is 0. The van der Waals surface area contributed by atoms with E-state index in [0.29, 0.717) is 11.2 Å². The Morgan fingerprint density at radius 3 is 2.88 bits per heavy atom. The first kappa shape index (κ1) is 9.72. The number of benzene rings is 1. The number of pyridine rings is 1. The molecular weight excluding hydrogens is 214 g/mol. The molecule has 0 saturated heterocycles. The molecule has 17 heavy (non-hydrogen) atoms. The number of fused-ring (bicyclic) bond motifs is 1. The fraction of sp³-hybridized carbons (Fsp3) is 0. The highest BCUT2D eigenvalue weighted by Gasteiger charge is 2.08. The van der Waals surface area contributed by atoms with E-state index >= 15 is 0 Å². The molecule has 0 aliphatic rings. The van der Waals surface area contributed by atoms with Gasteiger partial charge in [-0.2, -0.15) is 0 Å². The van der Waals surface area contributed by atoms with Crippen molar-refractivity contribution in [3.63, 3.8) is 0 Å². The fourth-order valence-corrected chi connectivity index (χ4v) is 1.90. The largest absolute Gasteiger partial charge is 0.506 e. The predicted molar refractivity (Wildman–Crippen MR) is 66.7 cm³/mol. The van der Waals surface area contributed by atoms with Gasteiger partial charge in [0.1, 0.15) is 17.1 Å². The molecule has 0 atom stereocenters. The average molecular weight is 225 g/mol. The predicted octanol–water partition coefficient (Wildman–Crippen LogP) is 2.29. The zero-order chi connectivity index (χ0) is 11.8. The monoisotopic (exact) mass is 225 g/mol. The van der Waals surface area contributed by atoms with Gasteiger partial charge in [-0.3, -0.25) is 4.40 Å². The second-order valence-corrected chi connectivity index (χ2v) is 3.86. The molecule has 0 fully saturated rings. The summed E-state index contributed by atoms with van der Waals surface area (Å²) in [4.78, 5) is 4.31. The van der Waals surface area contributed by atoms with Crippen LogP contribution in [0.15, 0.2) is 48.8 Å². The molecule has 84 valence electrons. The third kappa shape index (κ3) is 1.50. The molecule has 4 heteroatoms. The van der Waals surface area contributed by atoms with Crippen LogP contribution in [0.4, 0.5) is 5.69 Å². The molecule has 0 bridgehead atoms. The lowest BCUT2D eigenvalue weighted by molar-refractivity contribution is 0.479. The highest BCUT2D eigenvalue weighted by Crippen LogP contribution is 2.25. The smallest absolute Gasteiger partial charge is 0.144 e. The topological polar surface area (TPSA) is 63.5 Å².